The molecule has 2 aromatic rings. The number of rotatable bonds is 7. The molecule has 1 aliphatic rings. The van der Waals surface area contributed by atoms with Crippen LogP contribution in [0.15, 0.2) is 24.5 Å². The van der Waals surface area contributed by atoms with Crippen molar-refractivity contribution in [2.45, 2.75) is 38.5 Å². The van der Waals surface area contributed by atoms with Crippen LogP contribution in [0.25, 0.3) is 0 Å². The van der Waals surface area contributed by atoms with Crippen LogP contribution in [0.2, 0.25) is 0 Å². The van der Waals surface area contributed by atoms with Gasteiger partial charge in [0.1, 0.15) is 11.1 Å². The first-order valence-electron chi connectivity index (χ1n) is 8.72. The molecule has 0 aliphatic heterocycles. The number of aryl methyl sites for hydroxylation is 1. The van der Waals surface area contributed by atoms with E-state index in [1.165, 1.54) is 16.9 Å². The number of anilines is 1. The number of carbonyl (C=O) groups is 1. The van der Waals surface area contributed by atoms with Gasteiger partial charge in [0, 0.05) is 30.2 Å². The average molecular weight is 354 g/mol. The zero-order valence-electron chi connectivity index (χ0n) is 14.2. The predicted octanol–water partition coefficient (Wildman–Crippen LogP) is 3.05. The zero-order chi connectivity index (χ0) is 17.5. The summed E-state index contributed by atoms with van der Waals surface area (Å²) < 4.78 is 0. The molecule has 0 bridgehead atoms. The summed E-state index contributed by atoms with van der Waals surface area (Å²) in [5.41, 5.74) is 3.02. The van der Waals surface area contributed by atoms with Gasteiger partial charge >= 0.3 is 0 Å². The van der Waals surface area contributed by atoms with Gasteiger partial charge in [0.25, 0.3) is 0 Å². The molecule has 2 aromatic heterocycles. The van der Waals surface area contributed by atoms with Gasteiger partial charge in [-0.25, -0.2) is 0 Å². The van der Waals surface area contributed by atoms with Crippen molar-refractivity contribution in [2.24, 2.45) is 0 Å². The Hall–Kier alpha value is -2.23. The topological polar surface area (TPSA) is 77.8 Å². The molecule has 3 rings (SSSR count). The van der Waals surface area contributed by atoms with Crippen LogP contribution in [-0.4, -0.2) is 24.0 Å². The van der Waals surface area contributed by atoms with Crippen LogP contribution in [0.5, 0.6) is 0 Å². The van der Waals surface area contributed by atoms with Crippen LogP contribution in [-0.2, 0) is 24.1 Å². The van der Waals surface area contributed by atoms with Crippen molar-refractivity contribution >= 4 is 22.2 Å². The molecule has 0 saturated carbocycles. The lowest BCUT2D eigenvalue weighted by molar-refractivity contribution is -0.116. The maximum absolute atomic E-state index is 12.2. The largest absolute Gasteiger partial charge is 0.317 e. The maximum atomic E-state index is 12.2. The highest BCUT2D eigenvalue weighted by Gasteiger charge is 2.21. The quantitative estimate of drug-likeness (QED) is 0.749. The van der Waals surface area contributed by atoms with Crippen LogP contribution in [0.3, 0.4) is 0 Å². The van der Waals surface area contributed by atoms with E-state index < -0.39 is 0 Å². The van der Waals surface area contributed by atoms with E-state index in [-0.39, 0.29) is 5.91 Å². The zero-order valence-corrected chi connectivity index (χ0v) is 15.0. The van der Waals surface area contributed by atoms with Gasteiger partial charge in [-0.05, 0) is 55.8 Å². The summed E-state index contributed by atoms with van der Waals surface area (Å²) in [5.74, 6) is -0.0380. The van der Waals surface area contributed by atoms with Crippen LogP contribution in [0, 0.1) is 11.3 Å². The SMILES string of the molecule is N#Cc1c(NC(=O)CCNCCc2cccnc2)sc2c1CCCC2. The van der Waals surface area contributed by atoms with Gasteiger partial charge in [-0.2, -0.15) is 5.26 Å². The number of amides is 1. The second-order valence-corrected chi connectivity index (χ2v) is 7.29. The number of nitriles is 1. The Morgan fingerprint density at radius 1 is 1.32 bits per heavy atom. The summed E-state index contributed by atoms with van der Waals surface area (Å²) in [6.45, 7) is 1.44. The molecule has 2 heterocycles. The number of nitrogens with zero attached hydrogens (tertiary/aromatic N) is 2. The number of fused-ring (bicyclic) bond motifs is 1. The fraction of sp³-hybridized carbons (Fsp3) is 0.421. The normalized spacial score (nSPS) is 13.1. The highest BCUT2D eigenvalue weighted by atomic mass is 32.1. The van der Waals surface area contributed by atoms with Crippen LogP contribution >= 0.6 is 11.3 Å². The van der Waals surface area contributed by atoms with E-state index in [0.717, 1.165) is 42.8 Å². The first kappa shape index (κ1) is 17.6. The molecule has 130 valence electrons. The van der Waals surface area contributed by atoms with Gasteiger partial charge < -0.3 is 10.6 Å². The Bertz CT molecular complexity index is 764. The number of pyridine rings is 1. The van der Waals surface area contributed by atoms with Crippen molar-refractivity contribution in [1.29, 1.82) is 5.26 Å². The van der Waals surface area contributed by atoms with Crippen molar-refractivity contribution < 1.29 is 4.79 Å². The summed E-state index contributed by atoms with van der Waals surface area (Å²) >= 11 is 1.57. The molecule has 1 aliphatic carbocycles. The van der Waals surface area contributed by atoms with Crippen molar-refractivity contribution in [2.75, 3.05) is 18.4 Å². The van der Waals surface area contributed by atoms with Crippen LogP contribution in [0.4, 0.5) is 5.00 Å². The van der Waals surface area contributed by atoms with E-state index in [9.17, 15) is 10.1 Å². The lowest BCUT2D eigenvalue weighted by atomic mass is 9.96. The molecule has 0 unspecified atom stereocenters. The highest BCUT2D eigenvalue weighted by Crippen LogP contribution is 2.37. The Balaban J connectivity index is 1.44. The van der Waals surface area contributed by atoms with Crippen molar-refractivity contribution in [3.05, 3.63) is 46.1 Å². The number of carbonyl (C=O) groups excluding carboxylic acids is 1. The molecule has 5 nitrogen and oxygen atoms in total. The first-order chi connectivity index (χ1) is 12.3. The average Bonchev–Trinajstić information content (AvgIpc) is 2.99. The summed E-state index contributed by atoms with van der Waals surface area (Å²) in [6, 6.07) is 6.25. The molecule has 25 heavy (non-hydrogen) atoms. The van der Waals surface area contributed by atoms with E-state index in [2.05, 4.69) is 21.7 Å². The molecule has 0 radical (unpaired) electrons. The Labute approximate surface area is 152 Å². The molecule has 0 aromatic carbocycles. The predicted molar refractivity (Wildman–Crippen MR) is 99.7 cm³/mol. The van der Waals surface area contributed by atoms with E-state index in [1.54, 1.807) is 17.5 Å². The molecular weight excluding hydrogens is 332 g/mol. The fourth-order valence-corrected chi connectivity index (χ4v) is 4.32. The summed E-state index contributed by atoms with van der Waals surface area (Å²) in [4.78, 5) is 17.5. The van der Waals surface area contributed by atoms with Crippen LogP contribution < -0.4 is 10.6 Å². The van der Waals surface area contributed by atoms with Crippen molar-refractivity contribution in [1.82, 2.24) is 10.3 Å². The highest BCUT2D eigenvalue weighted by molar-refractivity contribution is 7.16. The third-order valence-electron chi connectivity index (χ3n) is 4.38. The van der Waals surface area contributed by atoms with Gasteiger partial charge in [0.2, 0.25) is 5.91 Å². The molecule has 2 N–H and O–H groups in total. The third kappa shape index (κ3) is 4.65. The van der Waals surface area contributed by atoms with Crippen LogP contribution in [0.1, 0.15) is 40.8 Å². The minimum Gasteiger partial charge on any atom is -0.317 e. The smallest absolute Gasteiger partial charge is 0.226 e. The Morgan fingerprint density at radius 2 is 2.20 bits per heavy atom. The van der Waals surface area contributed by atoms with E-state index >= 15 is 0 Å². The number of aromatic nitrogens is 1. The van der Waals surface area contributed by atoms with Gasteiger partial charge in [-0.3, -0.25) is 9.78 Å². The molecule has 0 saturated heterocycles. The number of nitrogens with one attached hydrogen (secondary N) is 2. The van der Waals surface area contributed by atoms with Gasteiger partial charge in [-0.15, -0.1) is 11.3 Å². The minimum atomic E-state index is -0.0380. The molecular formula is C19H22N4OS. The number of hydrogen-bond acceptors (Lipinski definition) is 5. The standard InChI is InChI=1S/C19H22N4OS/c20-12-16-15-5-1-2-6-17(15)25-19(16)23-18(24)8-11-21-10-7-14-4-3-9-22-13-14/h3-4,9,13,21H,1-2,5-8,10-11H2,(H,23,24). The van der Waals surface area contributed by atoms with E-state index in [4.69, 9.17) is 0 Å². The number of thiophene rings is 1. The first-order valence-corrected chi connectivity index (χ1v) is 9.53. The maximum Gasteiger partial charge on any atom is 0.226 e. The summed E-state index contributed by atoms with van der Waals surface area (Å²) in [7, 11) is 0. The molecule has 0 spiro atoms. The summed E-state index contributed by atoms with van der Waals surface area (Å²) in [5, 5.41) is 16.4. The second-order valence-electron chi connectivity index (χ2n) is 6.19. The fourth-order valence-electron chi connectivity index (χ4n) is 3.07. The third-order valence-corrected chi connectivity index (χ3v) is 5.59. The van der Waals surface area contributed by atoms with E-state index in [1.807, 2.05) is 18.3 Å². The molecule has 0 atom stereocenters. The Morgan fingerprint density at radius 3 is 3.00 bits per heavy atom. The van der Waals surface area contributed by atoms with E-state index in [0.29, 0.717) is 18.5 Å². The lowest BCUT2D eigenvalue weighted by Gasteiger charge is -2.09. The minimum absolute atomic E-state index is 0.0380. The summed E-state index contributed by atoms with van der Waals surface area (Å²) in [6.07, 6.45) is 9.21. The van der Waals surface area contributed by atoms with Gasteiger partial charge in [-0.1, -0.05) is 6.07 Å². The second kappa shape index (κ2) is 8.75. The lowest BCUT2D eigenvalue weighted by Crippen LogP contribution is -2.23. The molecule has 0 fully saturated rings. The van der Waals surface area contributed by atoms with Crippen molar-refractivity contribution in [3.8, 4) is 6.07 Å². The Kier molecular flexibility index (Phi) is 6.15. The number of hydrogen-bond donors (Lipinski definition) is 2. The molecule has 1 amide bonds. The van der Waals surface area contributed by atoms with Gasteiger partial charge in [0.05, 0.1) is 5.56 Å². The van der Waals surface area contributed by atoms with Crippen molar-refractivity contribution in [3.63, 3.8) is 0 Å². The van der Waals surface area contributed by atoms with Gasteiger partial charge in [0.15, 0.2) is 0 Å². The molecule has 6 heteroatoms. The monoisotopic (exact) mass is 354 g/mol.